The van der Waals surface area contributed by atoms with Crippen LogP contribution in [0.2, 0.25) is 0 Å². The average Bonchev–Trinajstić information content (AvgIpc) is 2.71. The molecule has 5 nitrogen and oxygen atoms in total. The molecule has 6 heteroatoms. The van der Waals surface area contributed by atoms with Crippen molar-refractivity contribution in [2.24, 2.45) is 0 Å². The Hall–Kier alpha value is -2.08. The minimum absolute atomic E-state index is 0.00545. The quantitative estimate of drug-likeness (QED) is 0.787. The molecule has 0 aliphatic carbocycles. The van der Waals surface area contributed by atoms with Gasteiger partial charge in [0.1, 0.15) is 0 Å². The first-order valence-corrected chi connectivity index (χ1v) is 7.26. The zero-order valence-electron chi connectivity index (χ0n) is 10.6. The highest BCUT2D eigenvalue weighted by Crippen LogP contribution is 2.22. The predicted molar refractivity (Wildman–Crippen MR) is 75.1 cm³/mol. The monoisotopic (exact) mass is 288 g/mol. The molecular formula is C14H12N2O3S. The van der Waals surface area contributed by atoms with E-state index in [2.05, 4.69) is 0 Å². The van der Waals surface area contributed by atoms with Crippen molar-refractivity contribution in [3.63, 3.8) is 0 Å². The lowest BCUT2D eigenvalue weighted by Gasteiger charge is -2.23. The van der Waals surface area contributed by atoms with Crippen LogP contribution >= 0.6 is 11.8 Å². The Morgan fingerprint density at radius 1 is 1.00 bits per heavy atom. The van der Waals surface area contributed by atoms with E-state index in [1.165, 1.54) is 16.7 Å². The summed E-state index contributed by atoms with van der Waals surface area (Å²) in [5.41, 5.74) is 0.877. The second-order valence-corrected chi connectivity index (χ2v) is 5.38. The Bertz CT molecular complexity index is 592. The van der Waals surface area contributed by atoms with Crippen molar-refractivity contribution in [2.45, 2.75) is 0 Å². The van der Waals surface area contributed by atoms with E-state index in [0.717, 1.165) is 0 Å². The normalized spacial score (nSPS) is 17.9. The number of carbonyl (C=O) groups is 3. The van der Waals surface area contributed by atoms with Gasteiger partial charge in [-0.1, -0.05) is 12.1 Å². The van der Waals surface area contributed by atoms with Gasteiger partial charge in [0, 0.05) is 19.3 Å². The number of fused-ring (bicyclic) bond motifs is 1. The maximum Gasteiger partial charge on any atom is 0.261 e. The van der Waals surface area contributed by atoms with E-state index in [9.17, 15) is 14.4 Å². The summed E-state index contributed by atoms with van der Waals surface area (Å²) >= 11 is 1.44. The molecule has 2 aliphatic heterocycles. The highest BCUT2D eigenvalue weighted by molar-refractivity contribution is 8.02. The van der Waals surface area contributed by atoms with Crippen LogP contribution in [0, 0.1) is 0 Å². The highest BCUT2D eigenvalue weighted by atomic mass is 32.2. The average molecular weight is 288 g/mol. The number of nitrogens with zero attached hydrogens (tertiary/aromatic N) is 2. The molecule has 0 atom stereocenters. The molecule has 0 aromatic heterocycles. The van der Waals surface area contributed by atoms with Gasteiger partial charge >= 0.3 is 0 Å². The van der Waals surface area contributed by atoms with Crippen molar-refractivity contribution in [3.05, 3.63) is 47.0 Å². The van der Waals surface area contributed by atoms with Gasteiger partial charge in [0.05, 0.1) is 16.9 Å². The topological polar surface area (TPSA) is 57.7 Å². The lowest BCUT2D eigenvalue weighted by molar-refractivity contribution is -0.126. The van der Waals surface area contributed by atoms with Gasteiger partial charge in [0.15, 0.2) is 0 Å². The Balaban J connectivity index is 1.72. The maximum absolute atomic E-state index is 12.1. The third-order valence-electron chi connectivity index (χ3n) is 3.31. The number of hydrogen-bond acceptors (Lipinski definition) is 4. The van der Waals surface area contributed by atoms with Crippen molar-refractivity contribution in [1.82, 2.24) is 9.80 Å². The summed E-state index contributed by atoms with van der Waals surface area (Å²) in [7, 11) is 0. The van der Waals surface area contributed by atoms with Crippen LogP contribution in [-0.2, 0) is 4.79 Å². The Kier molecular flexibility index (Phi) is 3.31. The molecule has 1 aromatic carbocycles. The standard InChI is InChI=1S/C14H12N2O3S/c17-12-9-20-8-7-15(12)5-6-16-13(18)10-3-1-2-4-11(10)14(16)19/h1-4,7-8H,5-6,9H2. The Morgan fingerprint density at radius 2 is 1.65 bits per heavy atom. The molecule has 0 saturated heterocycles. The highest BCUT2D eigenvalue weighted by Gasteiger charge is 2.35. The smallest absolute Gasteiger partial charge is 0.261 e. The molecule has 0 unspecified atom stereocenters. The largest absolute Gasteiger partial charge is 0.316 e. The van der Waals surface area contributed by atoms with Gasteiger partial charge in [-0.05, 0) is 17.5 Å². The van der Waals surface area contributed by atoms with Gasteiger partial charge in [0.25, 0.3) is 11.8 Å². The van der Waals surface area contributed by atoms with Crippen LogP contribution < -0.4 is 0 Å². The fourth-order valence-electron chi connectivity index (χ4n) is 2.25. The fraction of sp³-hybridized carbons (Fsp3) is 0.214. The van der Waals surface area contributed by atoms with Crippen LogP contribution in [0.25, 0.3) is 0 Å². The first-order valence-electron chi connectivity index (χ1n) is 6.21. The molecule has 1 aromatic rings. The summed E-state index contributed by atoms with van der Waals surface area (Å²) in [6.45, 7) is 0.550. The summed E-state index contributed by atoms with van der Waals surface area (Å²) < 4.78 is 0. The van der Waals surface area contributed by atoms with E-state index in [1.807, 2.05) is 5.41 Å². The number of hydrogen-bond donors (Lipinski definition) is 0. The molecule has 2 heterocycles. The molecule has 0 fully saturated rings. The SMILES string of the molecule is O=C1CSC=CN1CCN1C(=O)c2ccccc2C1=O. The van der Waals surface area contributed by atoms with E-state index in [-0.39, 0.29) is 24.3 Å². The zero-order chi connectivity index (χ0) is 14.1. The molecule has 0 saturated carbocycles. The zero-order valence-corrected chi connectivity index (χ0v) is 11.4. The van der Waals surface area contributed by atoms with Crippen LogP contribution in [0.5, 0.6) is 0 Å². The third-order valence-corrected chi connectivity index (χ3v) is 4.03. The lowest BCUT2D eigenvalue weighted by Crippen LogP contribution is -2.39. The first-order chi connectivity index (χ1) is 9.68. The van der Waals surface area contributed by atoms with Crippen LogP contribution in [0.3, 0.4) is 0 Å². The summed E-state index contributed by atoms with van der Waals surface area (Å²) in [4.78, 5) is 38.7. The van der Waals surface area contributed by atoms with Gasteiger partial charge in [-0.2, -0.15) is 0 Å². The second kappa shape index (κ2) is 5.13. The van der Waals surface area contributed by atoms with Gasteiger partial charge in [-0.25, -0.2) is 0 Å². The van der Waals surface area contributed by atoms with E-state index >= 15 is 0 Å². The molecular weight excluding hydrogens is 276 g/mol. The number of benzene rings is 1. The van der Waals surface area contributed by atoms with Gasteiger partial charge in [0.2, 0.25) is 5.91 Å². The predicted octanol–water partition coefficient (Wildman–Crippen LogP) is 1.33. The van der Waals surface area contributed by atoms with Crippen LogP contribution in [-0.4, -0.2) is 46.4 Å². The number of imide groups is 1. The molecule has 0 spiro atoms. The summed E-state index contributed by atoms with van der Waals surface area (Å²) in [5, 5.41) is 1.84. The molecule has 102 valence electrons. The van der Waals surface area contributed by atoms with Crippen LogP contribution in [0.4, 0.5) is 0 Å². The first kappa shape index (κ1) is 12.9. The fourth-order valence-corrected chi connectivity index (χ4v) is 2.89. The number of carbonyl (C=O) groups excluding carboxylic acids is 3. The number of thioether (sulfide) groups is 1. The lowest BCUT2D eigenvalue weighted by atomic mass is 10.1. The van der Waals surface area contributed by atoms with Crippen molar-refractivity contribution >= 4 is 29.5 Å². The maximum atomic E-state index is 12.1. The second-order valence-electron chi connectivity index (χ2n) is 4.49. The van der Waals surface area contributed by atoms with Gasteiger partial charge in [-0.3, -0.25) is 19.3 Å². The summed E-state index contributed by atoms with van der Waals surface area (Å²) in [6.07, 6.45) is 1.69. The molecule has 0 bridgehead atoms. The molecule has 2 aliphatic rings. The van der Waals surface area contributed by atoms with Gasteiger partial charge in [-0.15, -0.1) is 11.8 Å². The van der Waals surface area contributed by atoms with Crippen molar-refractivity contribution in [2.75, 3.05) is 18.8 Å². The number of amides is 3. The molecule has 0 radical (unpaired) electrons. The minimum Gasteiger partial charge on any atom is -0.316 e. The van der Waals surface area contributed by atoms with Crippen LogP contribution in [0.1, 0.15) is 20.7 Å². The van der Waals surface area contributed by atoms with E-state index in [1.54, 1.807) is 35.4 Å². The summed E-state index contributed by atoms with van der Waals surface area (Å²) in [5.74, 6) is -0.172. The Morgan fingerprint density at radius 3 is 2.25 bits per heavy atom. The molecule has 0 N–H and O–H groups in total. The van der Waals surface area contributed by atoms with Crippen molar-refractivity contribution < 1.29 is 14.4 Å². The number of rotatable bonds is 3. The van der Waals surface area contributed by atoms with Gasteiger partial charge < -0.3 is 4.90 Å². The third kappa shape index (κ3) is 2.12. The van der Waals surface area contributed by atoms with Crippen molar-refractivity contribution in [1.29, 1.82) is 0 Å². The van der Waals surface area contributed by atoms with E-state index < -0.39 is 0 Å². The van der Waals surface area contributed by atoms with E-state index in [0.29, 0.717) is 23.4 Å². The van der Waals surface area contributed by atoms with Crippen LogP contribution in [0.15, 0.2) is 35.9 Å². The molecule has 3 rings (SSSR count). The molecule has 3 amide bonds. The van der Waals surface area contributed by atoms with E-state index in [4.69, 9.17) is 0 Å². The Labute approximate surface area is 120 Å². The van der Waals surface area contributed by atoms with Crippen molar-refractivity contribution in [3.8, 4) is 0 Å². The molecule has 20 heavy (non-hydrogen) atoms. The minimum atomic E-state index is -0.284. The summed E-state index contributed by atoms with van der Waals surface area (Å²) in [6, 6.07) is 6.78.